The quantitative estimate of drug-likeness (QED) is 0.145. The van der Waals surface area contributed by atoms with E-state index in [1.54, 1.807) is 36.4 Å². The maximum Gasteiger partial charge on any atom is 0.264 e. The van der Waals surface area contributed by atoms with E-state index < -0.39 is 28.5 Å². The SMILES string of the molecule is CC[C@@H](C)NC(=O)[C@H](Cc1ccccc1)N(Cc1cccc(Br)c1)C(=O)CN(c1ccc(C(C)C)cc1)S(=O)(=O)c1ccc(C)cc1. The molecule has 4 aromatic rings. The van der Waals surface area contributed by atoms with Crippen molar-refractivity contribution < 1.29 is 18.0 Å². The van der Waals surface area contributed by atoms with Gasteiger partial charge < -0.3 is 10.2 Å². The van der Waals surface area contributed by atoms with Crippen LogP contribution in [0.2, 0.25) is 0 Å². The molecular weight excluding hydrogens is 674 g/mol. The van der Waals surface area contributed by atoms with Crippen LogP contribution >= 0.6 is 15.9 Å². The van der Waals surface area contributed by atoms with Gasteiger partial charge in [-0.15, -0.1) is 0 Å². The summed E-state index contributed by atoms with van der Waals surface area (Å²) in [7, 11) is -4.16. The fourth-order valence-corrected chi connectivity index (χ4v) is 7.08. The lowest BCUT2D eigenvalue weighted by Gasteiger charge is -2.34. The first-order valence-electron chi connectivity index (χ1n) is 16.0. The Bertz CT molecular complexity index is 1740. The van der Waals surface area contributed by atoms with Gasteiger partial charge in [0, 0.05) is 23.5 Å². The van der Waals surface area contributed by atoms with Crippen LogP contribution < -0.4 is 9.62 Å². The molecule has 0 radical (unpaired) electrons. The molecule has 0 fully saturated rings. The summed E-state index contributed by atoms with van der Waals surface area (Å²) in [6.45, 7) is 9.54. The third kappa shape index (κ3) is 9.55. The number of aryl methyl sites for hydroxylation is 1. The monoisotopic (exact) mass is 717 g/mol. The lowest BCUT2D eigenvalue weighted by atomic mass is 10.0. The number of carbonyl (C=O) groups is 2. The van der Waals surface area contributed by atoms with E-state index in [1.165, 1.54) is 4.90 Å². The van der Waals surface area contributed by atoms with Crippen LogP contribution in [0.5, 0.6) is 0 Å². The maximum atomic E-state index is 14.6. The van der Waals surface area contributed by atoms with Gasteiger partial charge in [0.25, 0.3) is 10.0 Å². The summed E-state index contributed by atoms with van der Waals surface area (Å²) in [6.07, 6.45) is 0.981. The number of amides is 2. The second kappa shape index (κ2) is 16.2. The zero-order valence-corrected chi connectivity index (χ0v) is 30.1. The average Bonchev–Trinajstić information content (AvgIpc) is 3.05. The van der Waals surface area contributed by atoms with Gasteiger partial charge in [0.15, 0.2) is 0 Å². The zero-order chi connectivity index (χ0) is 34.1. The molecule has 2 amide bonds. The molecule has 9 heteroatoms. The Kier molecular flexibility index (Phi) is 12.4. The van der Waals surface area contributed by atoms with Crippen LogP contribution in [0.15, 0.2) is 112 Å². The van der Waals surface area contributed by atoms with Gasteiger partial charge in [-0.2, -0.15) is 0 Å². The summed E-state index contributed by atoms with van der Waals surface area (Å²) in [5, 5.41) is 3.07. The minimum atomic E-state index is -4.16. The van der Waals surface area contributed by atoms with Crippen LogP contribution in [0.1, 0.15) is 62.3 Å². The highest BCUT2D eigenvalue weighted by Crippen LogP contribution is 2.27. The van der Waals surface area contributed by atoms with Crippen LogP contribution in [-0.4, -0.2) is 43.8 Å². The minimum absolute atomic E-state index is 0.0812. The molecule has 0 bridgehead atoms. The van der Waals surface area contributed by atoms with Gasteiger partial charge in [-0.25, -0.2) is 8.42 Å². The number of hydrogen-bond acceptors (Lipinski definition) is 4. The zero-order valence-electron chi connectivity index (χ0n) is 27.7. The van der Waals surface area contributed by atoms with Crippen molar-refractivity contribution >= 4 is 43.5 Å². The van der Waals surface area contributed by atoms with Crippen molar-refractivity contribution in [1.82, 2.24) is 10.2 Å². The average molecular weight is 719 g/mol. The molecule has 0 aliphatic carbocycles. The number of rotatable bonds is 14. The molecule has 0 spiro atoms. The highest BCUT2D eigenvalue weighted by Gasteiger charge is 2.35. The van der Waals surface area contributed by atoms with E-state index in [2.05, 4.69) is 35.1 Å². The Morgan fingerprint density at radius 3 is 2.06 bits per heavy atom. The predicted molar refractivity (Wildman–Crippen MR) is 193 cm³/mol. The normalized spacial score (nSPS) is 12.7. The molecule has 0 aliphatic rings. The number of halogens is 1. The van der Waals surface area contributed by atoms with Gasteiger partial charge in [0.1, 0.15) is 12.6 Å². The van der Waals surface area contributed by atoms with E-state index in [0.717, 1.165) is 37.5 Å². The Hall–Kier alpha value is -3.95. The Morgan fingerprint density at radius 2 is 1.47 bits per heavy atom. The number of nitrogens with zero attached hydrogens (tertiary/aromatic N) is 2. The molecule has 248 valence electrons. The summed E-state index contributed by atoms with van der Waals surface area (Å²) in [6, 6.07) is 30.0. The molecule has 0 heterocycles. The van der Waals surface area contributed by atoms with E-state index in [0.29, 0.717) is 5.69 Å². The predicted octanol–water partition coefficient (Wildman–Crippen LogP) is 7.63. The smallest absolute Gasteiger partial charge is 0.264 e. The van der Waals surface area contributed by atoms with Gasteiger partial charge in [-0.3, -0.25) is 13.9 Å². The fraction of sp³-hybridized carbons (Fsp3) is 0.316. The number of carbonyl (C=O) groups excluding carboxylic acids is 2. The van der Waals surface area contributed by atoms with Crippen LogP contribution in [0.3, 0.4) is 0 Å². The highest BCUT2D eigenvalue weighted by molar-refractivity contribution is 9.10. The number of benzene rings is 4. The molecule has 4 rings (SSSR count). The molecular formula is C38H44BrN3O4S. The van der Waals surface area contributed by atoms with E-state index in [-0.39, 0.29) is 35.7 Å². The van der Waals surface area contributed by atoms with E-state index in [9.17, 15) is 18.0 Å². The van der Waals surface area contributed by atoms with Crippen molar-refractivity contribution in [2.75, 3.05) is 10.8 Å². The first-order valence-corrected chi connectivity index (χ1v) is 18.2. The van der Waals surface area contributed by atoms with Crippen molar-refractivity contribution in [2.45, 2.75) is 76.9 Å². The van der Waals surface area contributed by atoms with E-state index in [4.69, 9.17) is 0 Å². The number of hydrogen-bond donors (Lipinski definition) is 1. The molecule has 7 nitrogen and oxygen atoms in total. The van der Waals surface area contributed by atoms with E-state index in [1.807, 2.05) is 87.5 Å². The molecule has 2 atom stereocenters. The van der Waals surface area contributed by atoms with Gasteiger partial charge in [0.2, 0.25) is 11.8 Å². The summed E-state index contributed by atoms with van der Waals surface area (Å²) in [5.74, 6) is -0.536. The fourth-order valence-electron chi connectivity index (χ4n) is 5.22. The van der Waals surface area contributed by atoms with Gasteiger partial charge in [-0.1, -0.05) is 109 Å². The largest absolute Gasteiger partial charge is 0.352 e. The van der Waals surface area contributed by atoms with Crippen molar-refractivity contribution in [3.8, 4) is 0 Å². The first kappa shape index (κ1) is 35.9. The Balaban J connectivity index is 1.82. The topological polar surface area (TPSA) is 86.8 Å². The molecule has 0 aromatic heterocycles. The lowest BCUT2D eigenvalue weighted by Crippen LogP contribution is -2.54. The van der Waals surface area contributed by atoms with Crippen LogP contribution in [0.25, 0.3) is 0 Å². The van der Waals surface area contributed by atoms with Gasteiger partial charge >= 0.3 is 0 Å². The summed E-state index contributed by atoms with van der Waals surface area (Å²) in [4.78, 5) is 30.2. The number of nitrogens with one attached hydrogen (secondary N) is 1. The van der Waals surface area contributed by atoms with E-state index >= 15 is 0 Å². The number of sulfonamides is 1. The van der Waals surface area contributed by atoms with Gasteiger partial charge in [-0.05, 0) is 79.3 Å². The standard InChI is InChI=1S/C38H44BrN3O4S/c1-6-29(5)40-38(44)36(24-30-11-8-7-9-12-30)41(25-31-13-10-14-33(39)23-31)37(43)26-42(34-19-17-32(18-20-34)27(2)3)47(45,46)35-21-15-28(4)16-22-35/h7-23,27,29,36H,6,24-26H2,1-5H3,(H,40,44)/t29-,36+/m1/s1. The molecule has 4 aromatic carbocycles. The lowest BCUT2D eigenvalue weighted by molar-refractivity contribution is -0.140. The first-order chi connectivity index (χ1) is 22.4. The minimum Gasteiger partial charge on any atom is -0.352 e. The second-order valence-electron chi connectivity index (χ2n) is 12.2. The van der Waals surface area contributed by atoms with Crippen LogP contribution in [0.4, 0.5) is 5.69 Å². The van der Waals surface area contributed by atoms with Crippen LogP contribution in [-0.2, 0) is 32.6 Å². The summed E-state index contributed by atoms with van der Waals surface area (Å²) in [5.41, 5.74) is 4.03. The van der Waals surface area contributed by atoms with Gasteiger partial charge in [0.05, 0.1) is 10.6 Å². The van der Waals surface area contributed by atoms with Crippen molar-refractivity contribution in [3.63, 3.8) is 0 Å². The Labute approximate surface area is 288 Å². The van der Waals surface area contributed by atoms with Crippen LogP contribution in [0, 0.1) is 6.92 Å². The Morgan fingerprint density at radius 1 is 0.830 bits per heavy atom. The molecule has 0 saturated carbocycles. The summed E-state index contributed by atoms with van der Waals surface area (Å²) >= 11 is 3.52. The molecule has 0 aliphatic heterocycles. The maximum absolute atomic E-state index is 14.6. The number of anilines is 1. The third-order valence-corrected chi connectivity index (χ3v) is 10.5. The van der Waals surface area contributed by atoms with Crippen molar-refractivity contribution in [1.29, 1.82) is 0 Å². The van der Waals surface area contributed by atoms with Crippen molar-refractivity contribution in [3.05, 3.63) is 130 Å². The highest BCUT2D eigenvalue weighted by atomic mass is 79.9. The third-order valence-electron chi connectivity index (χ3n) is 8.25. The molecule has 0 saturated heterocycles. The summed E-state index contributed by atoms with van der Waals surface area (Å²) < 4.78 is 30.5. The van der Waals surface area contributed by atoms with Crippen molar-refractivity contribution in [2.24, 2.45) is 0 Å². The molecule has 47 heavy (non-hydrogen) atoms. The molecule has 0 unspecified atom stereocenters. The second-order valence-corrected chi connectivity index (χ2v) is 15.0. The molecule has 1 N–H and O–H groups in total.